The predicted octanol–water partition coefficient (Wildman–Crippen LogP) is 3.26. The van der Waals surface area contributed by atoms with Crippen molar-refractivity contribution in [2.24, 2.45) is 5.92 Å². The van der Waals surface area contributed by atoms with E-state index in [1.165, 1.54) is 19.4 Å². The van der Waals surface area contributed by atoms with Crippen LogP contribution in [0.3, 0.4) is 0 Å². The molecule has 2 heterocycles. The van der Waals surface area contributed by atoms with E-state index in [9.17, 15) is 4.79 Å². The lowest BCUT2D eigenvalue weighted by atomic mass is 10.0. The second-order valence-corrected chi connectivity index (χ2v) is 7.51. The summed E-state index contributed by atoms with van der Waals surface area (Å²) in [6, 6.07) is 0. The van der Waals surface area contributed by atoms with Gasteiger partial charge in [-0.05, 0) is 45.1 Å². The van der Waals surface area contributed by atoms with Crippen LogP contribution in [0.25, 0.3) is 0 Å². The van der Waals surface area contributed by atoms with Gasteiger partial charge >= 0.3 is 0 Å². The van der Waals surface area contributed by atoms with Gasteiger partial charge in [0.25, 0.3) is 5.91 Å². The number of hydrogen-bond donors (Lipinski definition) is 1. The largest absolute Gasteiger partial charge is 0.350 e. The summed E-state index contributed by atoms with van der Waals surface area (Å²) in [7, 11) is 0. The van der Waals surface area contributed by atoms with E-state index in [1.807, 2.05) is 6.92 Å². The van der Waals surface area contributed by atoms with Crippen LogP contribution in [-0.4, -0.2) is 42.0 Å². The molecule has 22 heavy (non-hydrogen) atoms. The van der Waals surface area contributed by atoms with Crippen molar-refractivity contribution in [2.75, 3.05) is 26.2 Å². The number of aromatic nitrogens is 1. The van der Waals surface area contributed by atoms with E-state index in [-0.39, 0.29) is 5.91 Å². The molecule has 0 aromatic carbocycles. The first-order valence-corrected chi connectivity index (χ1v) is 9.38. The van der Waals surface area contributed by atoms with E-state index in [0.29, 0.717) is 0 Å². The third kappa shape index (κ3) is 5.06. The molecule has 1 unspecified atom stereocenters. The fourth-order valence-electron chi connectivity index (χ4n) is 3.00. The Labute approximate surface area is 138 Å². The molecule has 1 aliphatic rings. The number of unbranched alkanes of at least 4 members (excludes halogenated alkanes) is 1. The zero-order chi connectivity index (χ0) is 15.9. The van der Waals surface area contributed by atoms with Crippen LogP contribution in [0, 0.1) is 12.8 Å². The second kappa shape index (κ2) is 8.63. The number of piperidine rings is 1. The summed E-state index contributed by atoms with van der Waals surface area (Å²) in [4.78, 5) is 20.1. The molecular weight excluding hydrogens is 294 g/mol. The van der Waals surface area contributed by atoms with Gasteiger partial charge in [0.05, 0.1) is 10.7 Å². The Bertz CT molecular complexity index is 486. The zero-order valence-corrected chi connectivity index (χ0v) is 15.0. The van der Waals surface area contributed by atoms with Gasteiger partial charge in [0.15, 0.2) is 0 Å². The summed E-state index contributed by atoms with van der Waals surface area (Å²) >= 11 is 1.56. The standard InChI is InChI=1S/C17H29N3OS/c1-4-5-8-15-19-14(3)16(22-15)17(21)18-9-11-20-10-6-7-13(2)12-20/h13H,4-12H2,1-3H3,(H,18,21). The number of hydrogen-bond acceptors (Lipinski definition) is 4. The first kappa shape index (κ1) is 17.4. The smallest absolute Gasteiger partial charge is 0.263 e. The molecule has 1 saturated heterocycles. The van der Waals surface area contributed by atoms with Crippen LogP contribution in [0.1, 0.15) is 59.9 Å². The van der Waals surface area contributed by atoms with Crippen LogP contribution in [0.15, 0.2) is 0 Å². The van der Waals surface area contributed by atoms with Crippen LogP contribution < -0.4 is 5.32 Å². The van der Waals surface area contributed by atoms with Crippen LogP contribution in [0.2, 0.25) is 0 Å². The number of likely N-dealkylation sites (tertiary alicyclic amines) is 1. The average Bonchev–Trinajstić information content (AvgIpc) is 2.86. The SMILES string of the molecule is CCCCc1nc(C)c(C(=O)NCCN2CCCC(C)C2)s1. The summed E-state index contributed by atoms with van der Waals surface area (Å²) in [5.74, 6) is 0.831. The van der Waals surface area contributed by atoms with E-state index in [4.69, 9.17) is 0 Å². The van der Waals surface area contributed by atoms with Crippen LogP contribution >= 0.6 is 11.3 Å². The van der Waals surface area contributed by atoms with Crippen molar-refractivity contribution >= 4 is 17.2 Å². The summed E-state index contributed by atoms with van der Waals surface area (Å²) in [6.07, 6.45) is 5.91. The number of nitrogens with one attached hydrogen (secondary N) is 1. The third-order valence-electron chi connectivity index (χ3n) is 4.25. The first-order valence-electron chi connectivity index (χ1n) is 8.57. The fraction of sp³-hybridized carbons (Fsp3) is 0.765. The van der Waals surface area contributed by atoms with Gasteiger partial charge in [-0.1, -0.05) is 20.3 Å². The highest BCUT2D eigenvalue weighted by Crippen LogP contribution is 2.20. The minimum atomic E-state index is 0.0443. The monoisotopic (exact) mass is 323 g/mol. The summed E-state index contributed by atoms with van der Waals surface area (Å²) in [5, 5.41) is 4.15. The van der Waals surface area contributed by atoms with Crippen molar-refractivity contribution in [1.29, 1.82) is 0 Å². The van der Waals surface area contributed by atoms with Crippen molar-refractivity contribution in [3.05, 3.63) is 15.6 Å². The van der Waals surface area contributed by atoms with Crippen LogP contribution in [-0.2, 0) is 6.42 Å². The highest BCUT2D eigenvalue weighted by molar-refractivity contribution is 7.13. The molecule has 1 fully saturated rings. The Morgan fingerprint density at radius 2 is 2.32 bits per heavy atom. The molecule has 4 nitrogen and oxygen atoms in total. The van der Waals surface area contributed by atoms with Gasteiger partial charge in [0, 0.05) is 19.6 Å². The molecule has 124 valence electrons. The van der Waals surface area contributed by atoms with Gasteiger partial charge in [-0.2, -0.15) is 0 Å². The van der Waals surface area contributed by atoms with Gasteiger partial charge in [-0.25, -0.2) is 4.98 Å². The molecule has 1 atom stereocenters. The Hall–Kier alpha value is -0.940. The molecule has 1 aromatic rings. The van der Waals surface area contributed by atoms with Gasteiger partial charge in [0.1, 0.15) is 4.88 Å². The van der Waals surface area contributed by atoms with Gasteiger partial charge in [-0.3, -0.25) is 4.79 Å². The second-order valence-electron chi connectivity index (χ2n) is 6.43. The molecule has 1 amide bonds. The van der Waals surface area contributed by atoms with Gasteiger partial charge in [0.2, 0.25) is 0 Å². The Morgan fingerprint density at radius 1 is 1.50 bits per heavy atom. The molecule has 0 saturated carbocycles. The lowest BCUT2D eigenvalue weighted by Gasteiger charge is -2.30. The van der Waals surface area contributed by atoms with Crippen LogP contribution in [0.4, 0.5) is 0 Å². The third-order valence-corrected chi connectivity index (χ3v) is 5.46. The fourth-order valence-corrected chi connectivity index (χ4v) is 4.02. The lowest BCUT2D eigenvalue weighted by molar-refractivity contribution is 0.0947. The molecule has 0 bridgehead atoms. The number of rotatable bonds is 7. The maximum atomic E-state index is 12.3. The summed E-state index contributed by atoms with van der Waals surface area (Å²) < 4.78 is 0. The molecule has 1 aromatic heterocycles. The molecular formula is C17H29N3OS. The lowest BCUT2D eigenvalue weighted by Crippen LogP contribution is -2.40. The number of aryl methyl sites for hydroxylation is 2. The molecule has 0 radical (unpaired) electrons. The molecule has 1 aliphatic heterocycles. The molecule has 2 rings (SSSR count). The van der Waals surface area contributed by atoms with Crippen molar-refractivity contribution in [2.45, 2.75) is 52.9 Å². The number of nitrogens with zero attached hydrogens (tertiary/aromatic N) is 2. The van der Waals surface area contributed by atoms with E-state index < -0.39 is 0 Å². The Morgan fingerprint density at radius 3 is 3.05 bits per heavy atom. The van der Waals surface area contributed by atoms with Gasteiger partial charge < -0.3 is 10.2 Å². The van der Waals surface area contributed by atoms with Crippen molar-refractivity contribution in [3.63, 3.8) is 0 Å². The number of thiazole rings is 1. The molecule has 1 N–H and O–H groups in total. The quantitative estimate of drug-likeness (QED) is 0.838. The van der Waals surface area contributed by atoms with Crippen molar-refractivity contribution < 1.29 is 4.79 Å². The maximum absolute atomic E-state index is 12.3. The highest BCUT2D eigenvalue weighted by atomic mass is 32.1. The number of amides is 1. The van der Waals surface area contributed by atoms with E-state index >= 15 is 0 Å². The van der Waals surface area contributed by atoms with E-state index in [2.05, 4.69) is 29.0 Å². The average molecular weight is 324 g/mol. The predicted molar refractivity (Wildman–Crippen MR) is 92.6 cm³/mol. The molecule has 0 spiro atoms. The molecule has 5 heteroatoms. The van der Waals surface area contributed by atoms with Crippen molar-refractivity contribution in [1.82, 2.24) is 15.2 Å². The van der Waals surface area contributed by atoms with Gasteiger partial charge in [-0.15, -0.1) is 11.3 Å². The summed E-state index contributed by atoms with van der Waals surface area (Å²) in [5.41, 5.74) is 0.875. The Balaban J connectivity index is 1.78. The molecule has 0 aliphatic carbocycles. The zero-order valence-electron chi connectivity index (χ0n) is 14.2. The number of carbonyl (C=O) groups is 1. The topological polar surface area (TPSA) is 45.2 Å². The normalized spacial score (nSPS) is 19.3. The van der Waals surface area contributed by atoms with E-state index in [1.54, 1.807) is 11.3 Å². The highest BCUT2D eigenvalue weighted by Gasteiger charge is 2.17. The number of carbonyl (C=O) groups excluding carboxylic acids is 1. The van der Waals surface area contributed by atoms with Crippen LogP contribution in [0.5, 0.6) is 0 Å². The Kier molecular flexibility index (Phi) is 6.83. The minimum absolute atomic E-state index is 0.0443. The van der Waals surface area contributed by atoms with E-state index in [0.717, 1.165) is 60.4 Å². The minimum Gasteiger partial charge on any atom is -0.350 e. The first-order chi connectivity index (χ1) is 10.6. The maximum Gasteiger partial charge on any atom is 0.263 e. The summed E-state index contributed by atoms with van der Waals surface area (Å²) in [6.45, 7) is 10.4. The van der Waals surface area contributed by atoms with Crippen molar-refractivity contribution in [3.8, 4) is 0 Å².